The smallest absolute Gasteiger partial charge is 0.337 e. The second-order valence-electron chi connectivity index (χ2n) is 2.63. The van der Waals surface area contributed by atoms with Crippen molar-refractivity contribution in [2.75, 3.05) is 7.11 Å². The molecule has 0 radical (unpaired) electrons. The lowest BCUT2D eigenvalue weighted by Crippen LogP contribution is -2.03. The Balaban J connectivity index is 3.26. The van der Waals surface area contributed by atoms with E-state index < -0.39 is 11.8 Å². The van der Waals surface area contributed by atoms with Crippen molar-refractivity contribution in [3.05, 3.63) is 34.1 Å². The molecule has 0 fully saturated rings. The normalized spacial score (nSPS) is 10.2. The number of methoxy groups -OCH3 is 1. The van der Waals surface area contributed by atoms with Crippen molar-refractivity contribution in [1.29, 1.82) is 0 Å². The van der Waals surface area contributed by atoms with Gasteiger partial charge in [-0.3, -0.25) is 0 Å². The lowest BCUT2D eigenvalue weighted by atomic mass is 10.1. The van der Waals surface area contributed by atoms with E-state index in [0.717, 1.165) is 12.1 Å². The number of ether oxygens (including phenoxy) is 1. The zero-order chi connectivity index (χ0) is 10.7. The van der Waals surface area contributed by atoms with Gasteiger partial charge in [0.05, 0.1) is 17.2 Å². The fourth-order valence-electron chi connectivity index (χ4n) is 1.04. The third-order valence-electron chi connectivity index (χ3n) is 1.71. The van der Waals surface area contributed by atoms with Gasteiger partial charge in [0.25, 0.3) is 0 Å². The molecule has 0 aliphatic rings. The van der Waals surface area contributed by atoms with Crippen LogP contribution in [0, 0.1) is 5.82 Å². The summed E-state index contributed by atoms with van der Waals surface area (Å²) in [6.45, 7) is -0.0498. The highest BCUT2D eigenvalue weighted by Crippen LogP contribution is 2.24. The van der Waals surface area contributed by atoms with Gasteiger partial charge in [0.2, 0.25) is 0 Å². The summed E-state index contributed by atoms with van der Waals surface area (Å²) in [4.78, 5) is 10.6. The molecule has 0 spiro atoms. The molecule has 1 aromatic rings. The molecule has 1 N–H and O–H groups in total. The summed E-state index contributed by atoms with van der Waals surface area (Å²) in [5, 5.41) is 8.59. The molecule has 5 heteroatoms. The maximum atomic E-state index is 13.1. The fourth-order valence-corrected chi connectivity index (χ4v) is 1.33. The minimum Gasteiger partial charge on any atom is -0.478 e. The van der Waals surface area contributed by atoms with Crippen molar-refractivity contribution >= 4 is 17.6 Å². The Morgan fingerprint density at radius 1 is 1.64 bits per heavy atom. The summed E-state index contributed by atoms with van der Waals surface area (Å²) >= 11 is 5.69. The monoisotopic (exact) mass is 218 g/mol. The number of hydrogen-bond donors (Lipinski definition) is 1. The van der Waals surface area contributed by atoms with E-state index in [1.54, 1.807) is 0 Å². The van der Waals surface area contributed by atoms with Crippen LogP contribution in [0.3, 0.4) is 0 Å². The molecule has 0 saturated heterocycles. The predicted molar refractivity (Wildman–Crippen MR) is 49.1 cm³/mol. The zero-order valence-corrected chi connectivity index (χ0v) is 8.14. The number of halogens is 2. The van der Waals surface area contributed by atoms with Crippen LogP contribution < -0.4 is 0 Å². The van der Waals surface area contributed by atoms with E-state index in [0.29, 0.717) is 0 Å². The minimum atomic E-state index is -1.19. The topological polar surface area (TPSA) is 46.5 Å². The molecular formula is C9H8ClFO3. The maximum Gasteiger partial charge on any atom is 0.337 e. The van der Waals surface area contributed by atoms with Crippen molar-refractivity contribution < 1.29 is 19.0 Å². The van der Waals surface area contributed by atoms with Crippen LogP contribution in [0.15, 0.2) is 12.1 Å². The van der Waals surface area contributed by atoms with Crippen LogP contribution in [0.1, 0.15) is 15.9 Å². The molecule has 14 heavy (non-hydrogen) atoms. The van der Waals surface area contributed by atoms with Crippen LogP contribution in [0.4, 0.5) is 4.39 Å². The third kappa shape index (κ3) is 2.02. The highest BCUT2D eigenvalue weighted by molar-refractivity contribution is 6.34. The average molecular weight is 219 g/mol. The van der Waals surface area contributed by atoms with Crippen molar-refractivity contribution in [3.63, 3.8) is 0 Å². The number of carbonyl (C=O) groups is 1. The van der Waals surface area contributed by atoms with E-state index in [9.17, 15) is 9.18 Å². The van der Waals surface area contributed by atoms with Crippen LogP contribution in [-0.2, 0) is 11.3 Å². The highest BCUT2D eigenvalue weighted by atomic mass is 35.5. The first-order chi connectivity index (χ1) is 6.57. The Kier molecular flexibility index (Phi) is 3.43. The van der Waals surface area contributed by atoms with Gasteiger partial charge in [-0.05, 0) is 12.1 Å². The first kappa shape index (κ1) is 10.9. The molecule has 0 amide bonds. The Hall–Kier alpha value is -1.13. The summed E-state index contributed by atoms with van der Waals surface area (Å²) in [7, 11) is 1.38. The molecule has 1 aromatic carbocycles. The van der Waals surface area contributed by atoms with Gasteiger partial charge < -0.3 is 9.84 Å². The highest BCUT2D eigenvalue weighted by Gasteiger charge is 2.15. The van der Waals surface area contributed by atoms with E-state index in [1.165, 1.54) is 7.11 Å². The number of hydrogen-bond acceptors (Lipinski definition) is 2. The molecule has 3 nitrogen and oxygen atoms in total. The lowest BCUT2D eigenvalue weighted by Gasteiger charge is -2.06. The summed E-state index contributed by atoms with van der Waals surface area (Å²) < 4.78 is 17.8. The molecule has 1 rings (SSSR count). The van der Waals surface area contributed by atoms with Crippen LogP contribution in [0.5, 0.6) is 0 Å². The van der Waals surface area contributed by atoms with Gasteiger partial charge in [-0.25, -0.2) is 9.18 Å². The Morgan fingerprint density at radius 3 is 2.79 bits per heavy atom. The first-order valence-corrected chi connectivity index (χ1v) is 4.14. The summed E-state index contributed by atoms with van der Waals surface area (Å²) in [5.74, 6) is -1.76. The number of benzene rings is 1. The molecule has 0 unspecified atom stereocenters. The van der Waals surface area contributed by atoms with E-state index in [2.05, 4.69) is 0 Å². The molecule has 0 heterocycles. The van der Waals surface area contributed by atoms with Crippen molar-refractivity contribution in [2.24, 2.45) is 0 Å². The lowest BCUT2D eigenvalue weighted by molar-refractivity contribution is 0.0696. The molecular weight excluding hydrogens is 211 g/mol. The number of carboxylic acids is 1. The van der Waals surface area contributed by atoms with Crippen molar-refractivity contribution in [2.45, 2.75) is 6.61 Å². The Morgan fingerprint density at radius 2 is 2.29 bits per heavy atom. The molecule has 0 bridgehead atoms. The largest absolute Gasteiger partial charge is 0.478 e. The number of rotatable bonds is 3. The molecule has 0 aliphatic heterocycles. The maximum absolute atomic E-state index is 13.1. The summed E-state index contributed by atoms with van der Waals surface area (Å²) in [5.41, 5.74) is -0.0609. The summed E-state index contributed by atoms with van der Waals surface area (Å²) in [6, 6.07) is 2.18. The SMILES string of the molecule is COCc1c(F)ccc(C(=O)O)c1Cl. The van der Waals surface area contributed by atoms with Crippen LogP contribution in [0.2, 0.25) is 5.02 Å². The molecule has 0 atom stereocenters. The van der Waals surface area contributed by atoms with Gasteiger partial charge in [0.1, 0.15) is 5.82 Å². The van der Waals surface area contributed by atoms with Gasteiger partial charge in [-0.2, -0.15) is 0 Å². The molecule has 0 saturated carbocycles. The minimum absolute atomic E-state index is 0.0498. The second-order valence-corrected chi connectivity index (χ2v) is 3.00. The molecule has 0 aliphatic carbocycles. The molecule has 0 aromatic heterocycles. The van der Waals surface area contributed by atoms with Gasteiger partial charge in [0.15, 0.2) is 0 Å². The predicted octanol–water partition coefficient (Wildman–Crippen LogP) is 2.32. The second kappa shape index (κ2) is 4.39. The quantitative estimate of drug-likeness (QED) is 0.847. The number of aromatic carboxylic acids is 1. The van der Waals surface area contributed by atoms with Crippen LogP contribution in [0.25, 0.3) is 0 Å². The van der Waals surface area contributed by atoms with Crippen molar-refractivity contribution in [1.82, 2.24) is 0 Å². The van der Waals surface area contributed by atoms with Gasteiger partial charge >= 0.3 is 5.97 Å². The fraction of sp³-hybridized carbons (Fsp3) is 0.222. The standard InChI is InChI=1S/C9H8ClFO3/c1-14-4-6-7(11)3-2-5(8(6)10)9(12)13/h2-3H,4H2,1H3,(H,12,13). The van der Waals surface area contributed by atoms with E-state index in [-0.39, 0.29) is 22.8 Å². The van der Waals surface area contributed by atoms with Gasteiger partial charge in [-0.1, -0.05) is 11.6 Å². The first-order valence-electron chi connectivity index (χ1n) is 3.77. The summed E-state index contributed by atoms with van der Waals surface area (Å²) in [6.07, 6.45) is 0. The van der Waals surface area contributed by atoms with Gasteiger partial charge in [0, 0.05) is 12.7 Å². The molecule has 76 valence electrons. The Labute approximate surface area is 85.1 Å². The number of carboxylic acid groups (broad SMARTS) is 1. The van der Waals surface area contributed by atoms with E-state index in [4.69, 9.17) is 21.4 Å². The van der Waals surface area contributed by atoms with Crippen molar-refractivity contribution in [3.8, 4) is 0 Å². The van der Waals surface area contributed by atoms with Crippen LogP contribution in [-0.4, -0.2) is 18.2 Å². The van der Waals surface area contributed by atoms with Gasteiger partial charge in [-0.15, -0.1) is 0 Å². The van der Waals surface area contributed by atoms with E-state index >= 15 is 0 Å². The average Bonchev–Trinajstić information content (AvgIpc) is 2.11. The zero-order valence-electron chi connectivity index (χ0n) is 7.38. The van der Waals surface area contributed by atoms with Crippen LogP contribution >= 0.6 is 11.6 Å². The third-order valence-corrected chi connectivity index (χ3v) is 2.14. The Bertz CT molecular complexity index is 365. The van der Waals surface area contributed by atoms with E-state index in [1.807, 2.05) is 0 Å².